The Morgan fingerprint density at radius 3 is 2.54 bits per heavy atom. The van der Waals surface area contributed by atoms with Gasteiger partial charge in [0.1, 0.15) is 0 Å². The number of amides is 3. The minimum Gasteiger partial charge on any atom is -0.335 e. The summed E-state index contributed by atoms with van der Waals surface area (Å²) in [5.74, 6) is 0.0373. The van der Waals surface area contributed by atoms with Crippen LogP contribution in [0.3, 0.4) is 0 Å². The number of carbonyl (C=O) groups is 2. The van der Waals surface area contributed by atoms with Crippen molar-refractivity contribution in [3.05, 3.63) is 57.2 Å². The van der Waals surface area contributed by atoms with Crippen LogP contribution < -0.4 is 5.32 Å². The summed E-state index contributed by atoms with van der Waals surface area (Å²) >= 11 is 7.45. The van der Waals surface area contributed by atoms with Crippen LogP contribution in [0.5, 0.6) is 0 Å². The van der Waals surface area contributed by atoms with Crippen LogP contribution in [0, 0.1) is 0 Å². The van der Waals surface area contributed by atoms with Crippen LogP contribution in [-0.4, -0.2) is 47.9 Å². The van der Waals surface area contributed by atoms with Gasteiger partial charge < -0.3 is 15.1 Å². The summed E-state index contributed by atoms with van der Waals surface area (Å²) in [6.45, 7) is 2.63. The topological polar surface area (TPSA) is 52.7 Å². The molecule has 24 heavy (non-hydrogen) atoms. The van der Waals surface area contributed by atoms with Gasteiger partial charge in [-0.25, -0.2) is 4.79 Å². The molecule has 126 valence electrons. The molecule has 0 saturated carbocycles. The van der Waals surface area contributed by atoms with Gasteiger partial charge in [0.05, 0.1) is 5.56 Å². The number of hydrogen-bond acceptors (Lipinski definition) is 3. The molecule has 2 aromatic rings. The molecular weight excluding hydrogens is 346 g/mol. The number of hydrogen-bond donors (Lipinski definition) is 1. The zero-order chi connectivity index (χ0) is 16.9. The van der Waals surface area contributed by atoms with Crippen molar-refractivity contribution in [2.45, 2.75) is 6.54 Å². The van der Waals surface area contributed by atoms with E-state index in [2.05, 4.69) is 5.32 Å². The number of thiophene rings is 1. The smallest absolute Gasteiger partial charge is 0.317 e. The molecule has 0 radical (unpaired) electrons. The van der Waals surface area contributed by atoms with Gasteiger partial charge in [-0.2, -0.15) is 11.3 Å². The van der Waals surface area contributed by atoms with Crippen LogP contribution in [0.25, 0.3) is 0 Å². The minimum absolute atomic E-state index is 0.0373. The van der Waals surface area contributed by atoms with E-state index in [0.29, 0.717) is 37.7 Å². The third-order valence-corrected chi connectivity index (χ3v) is 4.87. The second-order valence-electron chi connectivity index (χ2n) is 5.58. The van der Waals surface area contributed by atoms with Gasteiger partial charge in [0.2, 0.25) is 0 Å². The van der Waals surface area contributed by atoms with Crippen molar-refractivity contribution >= 4 is 34.9 Å². The van der Waals surface area contributed by atoms with E-state index in [1.807, 2.05) is 35.0 Å². The summed E-state index contributed by atoms with van der Waals surface area (Å²) in [4.78, 5) is 28.1. The van der Waals surface area contributed by atoms with Crippen molar-refractivity contribution in [2.24, 2.45) is 0 Å². The number of urea groups is 1. The van der Waals surface area contributed by atoms with Crippen LogP contribution in [0.4, 0.5) is 4.79 Å². The molecule has 0 unspecified atom stereocenters. The fraction of sp³-hybridized carbons (Fsp3) is 0.294. The molecule has 7 heteroatoms. The van der Waals surface area contributed by atoms with Crippen molar-refractivity contribution in [3.63, 3.8) is 0 Å². The molecular formula is C17H18ClN3O2S. The molecule has 2 heterocycles. The van der Waals surface area contributed by atoms with Gasteiger partial charge in [-0.05, 0) is 29.1 Å². The zero-order valence-corrected chi connectivity index (χ0v) is 14.6. The Kier molecular flexibility index (Phi) is 5.37. The maximum atomic E-state index is 12.3. The van der Waals surface area contributed by atoms with Gasteiger partial charge in [-0.15, -0.1) is 0 Å². The largest absolute Gasteiger partial charge is 0.335 e. The molecule has 1 aromatic heterocycles. The molecule has 1 aliphatic heterocycles. The molecule has 0 atom stereocenters. The predicted octanol–water partition coefficient (Wildman–Crippen LogP) is 3.07. The van der Waals surface area contributed by atoms with Gasteiger partial charge in [-0.3, -0.25) is 4.79 Å². The van der Waals surface area contributed by atoms with E-state index in [-0.39, 0.29) is 11.9 Å². The maximum absolute atomic E-state index is 12.3. The van der Waals surface area contributed by atoms with E-state index >= 15 is 0 Å². The number of nitrogens with zero attached hydrogens (tertiary/aromatic N) is 2. The standard InChI is InChI=1S/C17H18ClN3O2S/c18-15-3-1-2-13(10-15)11-19-17(23)21-7-5-20(6-8-21)16(22)14-4-9-24-12-14/h1-4,9-10,12H,5-8,11H2,(H,19,23). The molecule has 5 nitrogen and oxygen atoms in total. The highest BCUT2D eigenvalue weighted by molar-refractivity contribution is 7.08. The second kappa shape index (κ2) is 7.68. The first-order chi connectivity index (χ1) is 11.6. The summed E-state index contributed by atoms with van der Waals surface area (Å²) in [6, 6.07) is 9.13. The third kappa shape index (κ3) is 4.07. The summed E-state index contributed by atoms with van der Waals surface area (Å²) in [5, 5.41) is 7.30. The molecule has 1 N–H and O–H groups in total. The lowest BCUT2D eigenvalue weighted by Gasteiger charge is -2.34. The maximum Gasteiger partial charge on any atom is 0.317 e. The molecule has 0 spiro atoms. The van der Waals surface area contributed by atoms with Gasteiger partial charge in [0.25, 0.3) is 5.91 Å². The summed E-state index contributed by atoms with van der Waals surface area (Å²) in [6.07, 6.45) is 0. The van der Waals surface area contributed by atoms with Crippen molar-refractivity contribution in [3.8, 4) is 0 Å². The van der Waals surface area contributed by atoms with Crippen LogP contribution in [0.15, 0.2) is 41.1 Å². The predicted molar refractivity (Wildman–Crippen MR) is 95.5 cm³/mol. The first-order valence-corrected chi connectivity index (χ1v) is 9.04. The Morgan fingerprint density at radius 1 is 1.12 bits per heavy atom. The van der Waals surface area contributed by atoms with E-state index in [1.165, 1.54) is 11.3 Å². The highest BCUT2D eigenvalue weighted by Crippen LogP contribution is 2.13. The molecule has 0 aliphatic carbocycles. The van der Waals surface area contributed by atoms with Crippen molar-refractivity contribution < 1.29 is 9.59 Å². The van der Waals surface area contributed by atoms with Crippen LogP contribution >= 0.6 is 22.9 Å². The molecule has 1 fully saturated rings. The van der Waals surface area contributed by atoms with Crippen LogP contribution in [0.1, 0.15) is 15.9 Å². The van der Waals surface area contributed by atoms with Crippen molar-refractivity contribution in [2.75, 3.05) is 26.2 Å². The number of nitrogens with one attached hydrogen (secondary N) is 1. The molecule has 0 bridgehead atoms. The Morgan fingerprint density at radius 2 is 1.88 bits per heavy atom. The quantitative estimate of drug-likeness (QED) is 0.911. The van der Waals surface area contributed by atoms with E-state index in [0.717, 1.165) is 11.1 Å². The number of carbonyl (C=O) groups excluding carboxylic acids is 2. The Balaban J connectivity index is 1.47. The number of benzene rings is 1. The average molecular weight is 364 g/mol. The molecule has 3 rings (SSSR count). The monoisotopic (exact) mass is 363 g/mol. The Labute approximate surface area is 149 Å². The first-order valence-electron chi connectivity index (χ1n) is 7.72. The lowest BCUT2D eigenvalue weighted by Crippen LogP contribution is -2.53. The minimum atomic E-state index is -0.113. The fourth-order valence-electron chi connectivity index (χ4n) is 2.62. The van der Waals surface area contributed by atoms with Crippen molar-refractivity contribution in [1.82, 2.24) is 15.1 Å². The second-order valence-corrected chi connectivity index (χ2v) is 6.80. The average Bonchev–Trinajstić information content (AvgIpc) is 3.14. The van der Waals surface area contributed by atoms with Gasteiger partial charge in [-0.1, -0.05) is 23.7 Å². The third-order valence-electron chi connectivity index (χ3n) is 3.95. The van der Waals surface area contributed by atoms with Crippen LogP contribution in [-0.2, 0) is 6.54 Å². The van der Waals surface area contributed by atoms with Gasteiger partial charge in [0, 0.05) is 43.1 Å². The van der Waals surface area contributed by atoms with E-state index in [1.54, 1.807) is 15.9 Å². The van der Waals surface area contributed by atoms with E-state index in [9.17, 15) is 9.59 Å². The summed E-state index contributed by atoms with van der Waals surface area (Å²) in [5.41, 5.74) is 1.68. The van der Waals surface area contributed by atoms with E-state index in [4.69, 9.17) is 11.6 Å². The molecule has 3 amide bonds. The Bertz CT molecular complexity index is 712. The van der Waals surface area contributed by atoms with Gasteiger partial charge >= 0.3 is 6.03 Å². The van der Waals surface area contributed by atoms with E-state index < -0.39 is 0 Å². The molecule has 1 aliphatic rings. The lowest BCUT2D eigenvalue weighted by molar-refractivity contribution is 0.0665. The highest BCUT2D eigenvalue weighted by atomic mass is 35.5. The van der Waals surface area contributed by atoms with Gasteiger partial charge in [0.15, 0.2) is 0 Å². The zero-order valence-electron chi connectivity index (χ0n) is 13.1. The van der Waals surface area contributed by atoms with Crippen molar-refractivity contribution in [1.29, 1.82) is 0 Å². The lowest BCUT2D eigenvalue weighted by atomic mass is 10.2. The Hall–Kier alpha value is -2.05. The summed E-state index contributed by atoms with van der Waals surface area (Å²) in [7, 11) is 0. The fourth-order valence-corrected chi connectivity index (χ4v) is 3.46. The van der Waals surface area contributed by atoms with Crippen LogP contribution in [0.2, 0.25) is 5.02 Å². The highest BCUT2D eigenvalue weighted by Gasteiger charge is 2.24. The number of piperazine rings is 1. The first kappa shape index (κ1) is 16.8. The normalized spacial score (nSPS) is 14.5. The molecule has 1 aromatic carbocycles. The molecule has 1 saturated heterocycles. The SMILES string of the molecule is O=C(NCc1cccc(Cl)c1)N1CCN(C(=O)c2ccsc2)CC1. The number of rotatable bonds is 3. The summed E-state index contributed by atoms with van der Waals surface area (Å²) < 4.78 is 0. The number of halogens is 1.